The van der Waals surface area contributed by atoms with Gasteiger partial charge in [-0.2, -0.15) is 0 Å². The molecule has 2 aromatic rings. The maximum Gasteiger partial charge on any atom is 0.175 e. The van der Waals surface area contributed by atoms with Crippen LogP contribution in [-0.2, 0) is 17.6 Å². The predicted octanol–water partition coefficient (Wildman–Crippen LogP) is 3.17. The van der Waals surface area contributed by atoms with Gasteiger partial charge in [-0.05, 0) is 11.1 Å². The minimum absolute atomic E-state index is 0.156. The fraction of sp³-hybridized carbons (Fsp3) is 0.235. The van der Waals surface area contributed by atoms with Crippen LogP contribution < -0.4 is 0 Å². The van der Waals surface area contributed by atoms with Gasteiger partial charge in [-0.25, -0.2) is 0 Å². The van der Waals surface area contributed by atoms with E-state index in [4.69, 9.17) is 0 Å². The number of rotatable bonds is 6. The molecule has 0 spiro atoms. The van der Waals surface area contributed by atoms with Crippen molar-refractivity contribution < 1.29 is 9.90 Å². The Kier molecular flexibility index (Phi) is 5.10. The molecule has 0 aliphatic heterocycles. The lowest BCUT2D eigenvalue weighted by molar-refractivity contribution is -0.134. The van der Waals surface area contributed by atoms with Gasteiger partial charge >= 0.3 is 0 Å². The zero-order valence-electron chi connectivity index (χ0n) is 11.1. The first-order valence-corrected chi connectivity index (χ1v) is 7.66. The van der Waals surface area contributed by atoms with Crippen molar-refractivity contribution in [2.45, 2.75) is 18.4 Å². The molecule has 0 bridgehead atoms. The highest BCUT2D eigenvalue weighted by Gasteiger charge is 2.35. The van der Waals surface area contributed by atoms with Crippen molar-refractivity contribution in [3.8, 4) is 0 Å². The second kappa shape index (κ2) is 6.82. The van der Waals surface area contributed by atoms with Crippen LogP contribution in [0, 0.1) is 0 Å². The lowest BCUT2D eigenvalue weighted by Crippen LogP contribution is -2.44. The Bertz CT molecular complexity index is 510. The largest absolute Gasteiger partial charge is 0.381 e. The quantitative estimate of drug-likeness (QED) is 0.825. The number of ketones is 1. The third kappa shape index (κ3) is 3.78. The topological polar surface area (TPSA) is 37.3 Å². The SMILES string of the molecule is O=C(CBr)C(O)(Cc1ccccc1)Cc1ccccc1. The van der Waals surface area contributed by atoms with E-state index in [1.165, 1.54) is 0 Å². The zero-order valence-corrected chi connectivity index (χ0v) is 12.7. The summed E-state index contributed by atoms with van der Waals surface area (Å²) in [4.78, 5) is 12.1. The molecule has 2 nitrogen and oxygen atoms in total. The summed E-state index contributed by atoms with van der Waals surface area (Å²) in [6, 6.07) is 19.2. The van der Waals surface area contributed by atoms with Crippen LogP contribution in [0.25, 0.3) is 0 Å². The number of benzene rings is 2. The second-order valence-electron chi connectivity index (χ2n) is 4.91. The van der Waals surface area contributed by atoms with E-state index in [0.717, 1.165) is 11.1 Å². The molecule has 0 aliphatic rings. The Morgan fingerprint density at radius 2 is 1.30 bits per heavy atom. The van der Waals surface area contributed by atoms with Crippen molar-refractivity contribution in [2.75, 3.05) is 5.33 Å². The van der Waals surface area contributed by atoms with E-state index in [0.29, 0.717) is 12.8 Å². The summed E-state index contributed by atoms with van der Waals surface area (Å²) < 4.78 is 0. The fourth-order valence-electron chi connectivity index (χ4n) is 2.25. The van der Waals surface area contributed by atoms with Gasteiger partial charge in [0.1, 0.15) is 5.60 Å². The van der Waals surface area contributed by atoms with E-state index >= 15 is 0 Å². The molecule has 2 aromatic carbocycles. The molecule has 2 rings (SSSR count). The molecule has 3 heteroatoms. The minimum Gasteiger partial charge on any atom is -0.381 e. The standard InChI is InChI=1S/C17H17BrO2/c18-13-16(19)17(20,11-14-7-3-1-4-8-14)12-15-9-5-2-6-10-15/h1-10,20H,11-13H2. The summed E-state index contributed by atoms with van der Waals surface area (Å²) >= 11 is 3.17. The van der Waals surface area contributed by atoms with Gasteiger partial charge in [0, 0.05) is 12.8 Å². The van der Waals surface area contributed by atoms with Crippen LogP contribution in [0.15, 0.2) is 60.7 Å². The Hall–Kier alpha value is -1.45. The van der Waals surface area contributed by atoms with E-state index in [9.17, 15) is 9.90 Å². The monoisotopic (exact) mass is 332 g/mol. The van der Waals surface area contributed by atoms with Gasteiger partial charge in [-0.1, -0.05) is 76.6 Å². The van der Waals surface area contributed by atoms with Crippen LogP contribution in [-0.4, -0.2) is 21.8 Å². The van der Waals surface area contributed by atoms with E-state index in [1.807, 2.05) is 60.7 Å². The molecule has 0 aliphatic carbocycles. The number of alkyl halides is 1. The van der Waals surface area contributed by atoms with Gasteiger partial charge in [0.05, 0.1) is 5.33 Å². The van der Waals surface area contributed by atoms with E-state index < -0.39 is 5.60 Å². The Balaban J connectivity index is 2.24. The number of hydrogen-bond acceptors (Lipinski definition) is 2. The Morgan fingerprint density at radius 1 is 0.900 bits per heavy atom. The first-order chi connectivity index (χ1) is 9.64. The maximum atomic E-state index is 12.1. The summed E-state index contributed by atoms with van der Waals surface area (Å²) in [6.07, 6.45) is 0.653. The lowest BCUT2D eigenvalue weighted by atomic mass is 9.85. The molecule has 0 radical (unpaired) electrons. The Labute approximate surface area is 127 Å². The Morgan fingerprint density at radius 3 is 1.65 bits per heavy atom. The molecule has 20 heavy (non-hydrogen) atoms. The van der Waals surface area contributed by atoms with Gasteiger partial charge < -0.3 is 5.11 Å². The van der Waals surface area contributed by atoms with Crippen LogP contribution in [0.1, 0.15) is 11.1 Å². The van der Waals surface area contributed by atoms with Crippen molar-refractivity contribution in [3.63, 3.8) is 0 Å². The molecule has 0 amide bonds. The van der Waals surface area contributed by atoms with Crippen molar-refractivity contribution in [1.82, 2.24) is 0 Å². The lowest BCUT2D eigenvalue weighted by Gasteiger charge is -2.26. The van der Waals surface area contributed by atoms with Crippen LogP contribution >= 0.6 is 15.9 Å². The van der Waals surface area contributed by atoms with Crippen LogP contribution in [0.4, 0.5) is 0 Å². The number of carbonyl (C=O) groups is 1. The number of halogens is 1. The molecule has 104 valence electrons. The molecular formula is C17H17BrO2. The van der Waals surface area contributed by atoms with E-state index in [-0.39, 0.29) is 11.1 Å². The molecule has 0 aromatic heterocycles. The van der Waals surface area contributed by atoms with Crippen molar-refractivity contribution in [1.29, 1.82) is 0 Å². The van der Waals surface area contributed by atoms with Gasteiger partial charge in [0.25, 0.3) is 0 Å². The van der Waals surface area contributed by atoms with Crippen LogP contribution in [0.2, 0.25) is 0 Å². The van der Waals surface area contributed by atoms with E-state index in [2.05, 4.69) is 15.9 Å². The molecule has 0 unspecified atom stereocenters. The first-order valence-electron chi connectivity index (χ1n) is 6.53. The maximum absolute atomic E-state index is 12.1. The third-order valence-electron chi connectivity index (χ3n) is 3.32. The smallest absolute Gasteiger partial charge is 0.175 e. The molecule has 0 fully saturated rings. The summed E-state index contributed by atoms with van der Waals surface area (Å²) in [7, 11) is 0. The third-order valence-corrected chi connectivity index (χ3v) is 3.83. The minimum atomic E-state index is -1.37. The first kappa shape index (κ1) is 14.9. The highest BCUT2D eigenvalue weighted by Crippen LogP contribution is 2.21. The molecular weight excluding hydrogens is 316 g/mol. The molecule has 0 saturated carbocycles. The number of hydrogen-bond donors (Lipinski definition) is 1. The zero-order chi connectivity index (χ0) is 14.4. The van der Waals surface area contributed by atoms with Gasteiger partial charge in [0.2, 0.25) is 0 Å². The molecule has 1 N–H and O–H groups in total. The highest BCUT2D eigenvalue weighted by atomic mass is 79.9. The van der Waals surface area contributed by atoms with Crippen molar-refractivity contribution in [3.05, 3.63) is 71.8 Å². The number of Topliss-reactive ketones (excluding diaryl/α,β-unsaturated/α-hetero) is 1. The van der Waals surface area contributed by atoms with Gasteiger partial charge in [0.15, 0.2) is 5.78 Å². The summed E-state index contributed by atoms with van der Waals surface area (Å²) in [5, 5.41) is 11.0. The number of aliphatic hydroxyl groups is 1. The van der Waals surface area contributed by atoms with Crippen LogP contribution in [0.3, 0.4) is 0 Å². The summed E-state index contributed by atoms with van der Waals surface area (Å²) in [5.74, 6) is -0.190. The summed E-state index contributed by atoms with van der Waals surface area (Å²) in [6.45, 7) is 0. The molecule has 0 heterocycles. The number of carbonyl (C=O) groups excluding carboxylic acids is 1. The second-order valence-corrected chi connectivity index (χ2v) is 5.47. The molecule has 0 atom stereocenters. The fourth-order valence-corrected chi connectivity index (χ4v) is 2.77. The summed E-state index contributed by atoms with van der Waals surface area (Å²) in [5.41, 5.74) is 0.548. The van der Waals surface area contributed by atoms with E-state index in [1.54, 1.807) is 0 Å². The molecule has 0 saturated heterocycles. The van der Waals surface area contributed by atoms with Crippen molar-refractivity contribution >= 4 is 21.7 Å². The highest BCUT2D eigenvalue weighted by molar-refractivity contribution is 9.09. The van der Waals surface area contributed by atoms with Crippen molar-refractivity contribution in [2.24, 2.45) is 0 Å². The normalized spacial score (nSPS) is 11.3. The van der Waals surface area contributed by atoms with Gasteiger partial charge in [-0.15, -0.1) is 0 Å². The predicted molar refractivity (Wildman–Crippen MR) is 84.0 cm³/mol. The average Bonchev–Trinajstić information content (AvgIpc) is 2.48. The average molecular weight is 333 g/mol. The van der Waals surface area contributed by atoms with Crippen LogP contribution in [0.5, 0.6) is 0 Å². The van der Waals surface area contributed by atoms with Gasteiger partial charge in [-0.3, -0.25) is 4.79 Å².